The summed E-state index contributed by atoms with van der Waals surface area (Å²) in [6.07, 6.45) is 2.11. The molecule has 1 aromatic carbocycles. The molecular formula is C17H24N2O3. The summed E-state index contributed by atoms with van der Waals surface area (Å²) < 4.78 is 5.49. The van der Waals surface area contributed by atoms with E-state index in [2.05, 4.69) is 10.6 Å². The smallest absolute Gasteiger partial charge is 0.253 e. The van der Waals surface area contributed by atoms with Gasteiger partial charge in [-0.05, 0) is 25.0 Å². The Morgan fingerprint density at radius 1 is 1.27 bits per heavy atom. The zero-order valence-corrected chi connectivity index (χ0v) is 13.4. The van der Waals surface area contributed by atoms with Crippen LogP contribution in [-0.2, 0) is 9.53 Å². The minimum Gasteiger partial charge on any atom is -0.376 e. The molecule has 2 amide bonds. The topological polar surface area (TPSA) is 67.4 Å². The van der Waals surface area contributed by atoms with Gasteiger partial charge in [0, 0.05) is 18.6 Å². The van der Waals surface area contributed by atoms with E-state index in [9.17, 15) is 9.59 Å². The predicted octanol–water partition coefficient (Wildman–Crippen LogP) is 2.58. The number of amides is 2. The monoisotopic (exact) mass is 304 g/mol. The third kappa shape index (κ3) is 4.31. The lowest BCUT2D eigenvalue weighted by Crippen LogP contribution is -2.33. The minimum atomic E-state index is -0.513. The Hall–Kier alpha value is -1.88. The minimum absolute atomic E-state index is 0.0975. The van der Waals surface area contributed by atoms with E-state index in [0.717, 1.165) is 19.4 Å². The number of ether oxygens (including phenoxy) is 1. The van der Waals surface area contributed by atoms with Crippen molar-refractivity contribution in [3.05, 3.63) is 29.8 Å². The molecule has 1 heterocycles. The fraction of sp³-hybridized carbons (Fsp3) is 0.529. The maximum absolute atomic E-state index is 12.3. The van der Waals surface area contributed by atoms with Crippen molar-refractivity contribution in [2.45, 2.75) is 39.7 Å². The molecule has 1 aliphatic heterocycles. The van der Waals surface area contributed by atoms with Gasteiger partial charge in [0.05, 0.1) is 17.4 Å². The first-order chi connectivity index (χ1) is 10.4. The summed E-state index contributed by atoms with van der Waals surface area (Å²) in [5.41, 5.74) is 0.492. The lowest BCUT2D eigenvalue weighted by Gasteiger charge is -2.19. The van der Waals surface area contributed by atoms with Gasteiger partial charge in [0.2, 0.25) is 5.91 Å². The normalized spacial score (nSPS) is 18.0. The Bertz CT molecular complexity index is 543. The van der Waals surface area contributed by atoms with Gasteiger partial charge in [0.1, 0.15) is 0 Å². The first-order valence-corrected chi connectivity index (χ1v) is 7.68. The molecule has 1 aliphatic rings. The molecule has 0 radical (unpaired) electrons. The van der Waals surface area contributed by atoms with Gasteiger partial charge in [0.25, 0.3) is 5.91 Å². The Kier molecular flexibility index (Phi) is 5.19. The molecule has 22 heavy (non-hydrogen) atoms. The van der Waals surface area contributed by atoms with Crippen LogP contribution in [-0.4, -0.2) is 31.1 Å². The van der Waals surface area contributed by atoms with Crippen LogP contribution in [0.3, 0.4) is 0 Å². The van der Waals surface area contributed by atoms with Crippen molar-refractivity contribution in [3.63, 3.8) is 0 Å². The first kappa shape index (κ1) is 16.5. The van der Waals surface area contributed by atoms with Gasteiger partial charge < -0.3 is 15.4 Å². The van der Waals surface area contributed by atoms with Crippen molar-refractivity contribution < 1.29 is 14.3 Å². The van der Waals surface area contributed by atoms with Gasteiger partial charge >= 0.3 is 0 Å². The highest BCUT2D eigenvalue weighted by Crippen LogP contribution is 2.20. The molecule has 120 valence electrons. The van der Waals surface area contributed by atoms with E-state index in [1.165, 1.54) is 0 Å². The molecule has 0 saturated carbocycles. The molecule has 1 aromatic rings. The third-order valence-electron chi connectivity index (χ3n) is 3.62. The number of benzene rings is 1. The maximum Gasteiger partial charge on any atom is 0.253 e. The van der Waals surface area contributed by atoms with Crippen LogP contribution in [0.4, 0.5) is 5.69 Å². The van der Waals surface area contributed by atoms with Crippen LogP contribution in [0.1, 0.15) is 44.0 Å². The average molecular weight is 304 g/mol. The molecule has 0 aliphatic carbocycles. The SMILES string of the molecule is CC(C)(C)C(=O)Nc1ccccc1C(=O)NCC1CCCO1. The number of carbonyl (C=O) groups is 2. The van der Waals surface area contributed by atoms with Crippen LogP contribution in [0.2, 0.25) is 0 Å². The van der Waals surface area contributed by atoms with Gasteiger partial charge in [-0.3, -0.25) is 9.59 Å². The van der Waals surface area contributed by atoms with E-state index in [-0.39, 0.29) is 17.9 Å². The van der Waals surface area contributed by atoms with E-state index in [1.54, 1.807) is 24.3 Å². The summed E-state index contributed by atoms with van der Waals surface area (Å²) in [5.74, 6) is -0.313. The van der Waals surface area contributed by atoms with E-state index in [4.69, 9.17) is 4.74 Å². The molecule has 2 rings (SSSR count). The number of rotatable bonds is 4. The predicted molar refractivity (Wildman–Crippen MR) is 85.8 cm³/mol. The van der Waals surface area contributed by atoms with Crippen LogP contribution in [0.5, 0.6) is 0 Å². The number of hydrogen-bond donors (Lipinski definition) is 2. The van der Waals surface area contributed by atoms with Gasteiger partial charge in [-0.2, -0.15) is 0 Å². The fourth-order valence-corrected chi connectivity index (χ4v) is 2.21. The molecular weight excluding hydrogens is 280 g/mol. The Morgan fingerprint density at radius 3 is 2.64 bits per heavy atom. The Morgan fingerprint density at radius 2 is 2.00 bits per heavy atom. The van der Waals surface area contributed by atoms with Gasteiger partial charge in [-0.25, -0.2) is 0 Å². The Labute approximate surface area is 131 Å². The van der Waals surface area contributed by atoms with E-state index in [1.807, 2.05) is 20.8 Å². The number of carbonyl (C=O) groups excluding carboxylic acids is 2. The highest BCUT2D eigenvalue weighted by atomic mass is 16.5. The first-order valence-electron chi connectivity index (χ1n) is 7.68. The van der Waals surface area contributed by atoms with Crippen molar-refractivity contribution in [1.82, 2.24) is 5.32 Å². The van der Waals surface area contributed by atoms with Crippen molar-refractivity contribution >= 4 is 17.5 Å². The molecule has 0 aromatic heterocycles. The average Bonchev–Trinajstić information content (AvgIpc) is 2.97. The van der Waals surface area contributed by atoms with Crippen molar-refractivity contribution in [1.29, 1.82) is 0 Å². The number of para-hydroxylation sites is 1. The summed E-state index contributed by atoms with van der Waals surface area (Å²) in [7, 11) is 0. The van der Waals surface area contributed by atoms with Crippen LogP contribution < -0.4 is 10.6 Å². The van der Waals surface area contributed by atoms with Gasteiger partial charge in [-0.1, -0.05) is 32.9 Å². The molecule has 5 nitrogen and oxygen atoms in total. The summed E-state index contributed by atoms with van der Waals surface area (Å²) in [4.78, 5) is 24.4. The second-order valence-corrected chi connectivity index (χ2v) is 6.59. The number of hydrogen-bond acceptors (Lipinski definition) is 3. The summed E-state index contributed by atoms with van der Waals surface area (Å²) in [5, 5.41) is 5.71. The second-order valence-electron chi connectivity index (χ2n) is 6.59. The summed E-state index contributed by atoms with van der Waals surface area (Å²) in [6, 6.07) is 7.04. The molecule has 0 bridgehead atoms. The van der Waals surface area contributed by atoms with Crippen molar-refractivity contribution in [2.75, 3.05) is 18.5 Å². The molecule has 0 spiro atoms. The molecule has 1 atom stereocenters. The number of nitrogens with one attached hydrogen (secondary N) is 2. The fourth-order valence-electron chi connectivity index (χ4n) is 2.21. The highest BCUT2D eigenvalue weighted by molar-refractivity contribution is 6.04. The lowest BCUT2D eigenvalue weighted by molar-refractivity contribution is -0.123. The van der Waals surface area contributed by atoms with Crippen LogP contribution in [0.25, 0.3) is 0 Å². The van der Waals surface area contributed by atoms with Crippen LogP contribution in [0.15, 0.2) is 24.3 Å². The standard InChI is InChI=1S/C17H24N2O3/c1-17(2,3)16(21)19-14-9-5-4-8-13(14)15(20)18-11-12-7-6-10-22-12/h4-5,8-9,12H,6-7,10-11H2,1-3H3,(H,18,20)(H,19,21). The maximum atomic E-state index is 12.3. The molecule has 1 unspecified atom stereocenters. The van der Waals surface area contributed by atoms with Gasteiger partial charge in [0.15, 0.2) is 0 Å². The molecule has 2 N–H and O–H groups in total. The quantitative estimate of drug-likeness (QED) is 0.898. The van der Waals surface area contributed by atoms with E-state index < -0.39 is 5.41 Å². The lowest BCUT2D eigenvalue weighted by atomic mass is 9.95. The summed E-state index contributed by atoms with van der Waals surface area (Å²) >= 11 is 0. The molecule has 1 fully saturated rings. The van der Waals surface area contributed by atoms with E-state index in [0.29, 0.717) is 17.8 Å². The van der Waals surface area contributed by atoms with E-state index >= 15 is 0 Å². The van der Waals surface area contributed by atoms with Crippen LogP contribution in [0, 0.1) is 5.41 Å². The highest BCUT2D eigenvalue weighted by Gasteiger charge is 2.23. The van der Waals surface area contributed by atoms with Crippen LogP contribution >= 0.6 is 0 Å². The number of anilines is 1. The largest absolute Gasteiger partial charge is 0.376 e. The molecule has 5 heteroatoms. The summed E-state index contributed by atoms with van der Waals surface area (Å²) in [6.45, 7) is 6.77. The van der Waals surface area contributed by atoms with Gasteiger partial charge in [-0.15, -0.1) is 0 Å². The third-order valence-corrected chi connectivity index (χ3v) is 3.62. The second kappa shape index (κ2) is 6.92. The Balaban J connectivity index is 2.03. The zero-order chi connectivity index (χ0) is 16.2. The molecule has 1 saturated heterocycles. The van der Waals surface area contributed by atoms with Crippen molar-refractivity contribution in [3.8, 4) is 0 Å². The zero-order valence-electron chi connectivity index (χ0n) is 13.4. The van der Waals surface area contributed by atoms with Crippen molar-refractivity contribution in [2.24, 2.45) is 5.41 Å².